The van der Waals surface area contributed by atoms with Crippen molar-refractivity contribution < 1.29 is 9.53 Å². The summed E-state index contributed by atoms with van der Waals surface area (Å²) in [6.07, 6.45) is 3.26. The molecule has 0 atom stereocenters. The molecule has 0 fully saturated rings. The van der Waals surface area contributed by atoms with Gasteiger partial charge in [-0.2, -0.15) is 5.10 Å². The van der Waals surface area contributed by atoms with Crippen molar-refractivity contribution in [2.75, 3.05) is 6.61 Å². The van der Waals surface area contributed by atoms with Crippen LogP contribution in [0.4, 0.5) is 0 Å². The lowest BCUT2D eigenvalue weighted by molar-refractivity contribution is 0.112. The van der Waals surface area contributed by atoms with Crippen LogP contribution in [0.2, 0.25) is 5.02 Å². The predicted octanol–water partition coefficient (Wildman–Crippen LogP) is 2.51. The van der Waals surface area contributed by atoms with Crippen molar-refractivity contribution in [2.24, 2.45) is 7.05 Å². The number of halogens is 1. The van der Waals surface area contributed by atoms with Crippen LogP contribution in [0.3, 0.4) is 0 Å². The Balaban J connectivity index is 1.94. The maximum absolute atomic E-state index is 10.6. The molecular formula is C13H13ClN2O2. The van der Waals surface area contributed by atoms with Crippen molar-refractivity contribution in [3.05, 3.63) is 46.7 Å². The summed E-state index contributed by atoms with van der Waals surface area (Å²) in [5, 5.41) is 4.53. The normalized spacial score (nSPS) is 10.3. The van der Waals surface area contributed by atoms with Crippen LogP contribution in [0.15, 0.2) is 30.5 Å². The van der Waals surface area contributed by atoms with E-state index in [0.717, 1.165) is 18.4 Å². The summed E-state index contributed by atoms with van der Waals surface area (Å²) in [6, 6.07) is 6.92. The van der Waals surface area contributed by atoms with Crippen LogP contribution in [-0.4, -0.2) is 22.7 Å². The van der Waals surface area contributed by atoms with Crippen molar-refractivity contribution in [3.8, 4) is 5.75 Å². The molecule has 0 radical (unpaired) electrons. The minimum atomic E-state index is 0.449. The van der Waals surface area contributed by atoms with Gasteiger partial charge in [-0.3, -0.25) is 9.48 Å². The number of benzene rings is 1. The highest BCUT2D eigenvalue weighted by Gasteiger charge is 2.04. The molecule has 2 rings (SSSR count). The van der Waals surface area contributed by atoms with E-state index >= 15 is 0 Å². The smallest absolute Gasteiger partial charge is 0.150 e. The Labute approximate surface area is 110 Å². The van der Waals surface area contributed by atoms with Gasteiger partial charge in [-0.15, -0.1) is 0 Å². The molecule has 0 amide bonds. The molecule has 0 saturated carbocycles. The third-order valence-corrected chi connectivity index (χ3v) is 2.93. The number of nitrogens with zero attached hydrogens (tertiary/aromatic N) is 2. The van der Waals surface area contributed by atoms with E-state index in [0.29, 0.717) is 22.9 Å². The lowest BCUT2D eigenvalue weighted by Gasteiger charge is -2.08. The van der Waals surface area contributed by atoms with Crippen LogP contribution in [0.1, 0.15) is 16.1 Å². The highest BCUT2D eigenvalue weighted by molar-refractivity contribution is 6.32. The second-order valence-corrected chi connectivity index (χ2v) is 4.26. The van der Waals surface area contributed by atoms with Gasteiger partial charge >= 0.3 is 0 Å². The average molecular weight is 265 g/mol. The van der Waals surface area contributed by atoms with E-state index in [1.54, 1.807) is 29.1 Å². The molecule has 1 aromatic carbocycles. The number of aromatic nitrogens is 2. The Morgan fingerprint density at radius 2 is 2.28 bits per heavy atom. The fourth-order valence-electron chi connectivity index (χ4n) is 1.62. The van der Waals surface area contributed by atoms with Crippen LogP contribution in [0, 0.1) is 0 Å². The second-order valence-electron chi connectivity index (χ2n) is 3.85. The first-order valence-corrected chi connectivity index (χ1v) is 5.93. The molecule has 0 aliphatic heterocycles. The van der Waals surface area contributed by atoms with Gasteiger partial charge in [0, 0.05) is 30.9 Å². The van der Waals surface area contributed by atoms with E-state index < -0.39 is 0 Å². The molecule has 0 aliphatic rings. The number of rotatable bonds is 5. The third kappa shape index (κ3) is 2.90. The number of hydrogen-bond donors (Lipinski definition) is 0. The van der Waals surface area contributed by atoms with Crippen LogP contribution >= 0.6 is 11.6 Å². The van der Waals surface area contributed by atoms with E-state index in [1.165, 1.54) is 0 Å². The maximum atomic E-state index is 10.6. The molecule has 5 heteroatoms. The minimum absolute atomic E-state index is 0.449. The Kier molecular flexibility index (Phi) is 3.99. The van der Waals surface area contributed by atoms with E-state index in [1.807, 2.05) is 13.1 Å². The van der Waals surface area contributed by atoms with Gasteiger partial charge in [-0.05, 0) is 24.3 Å². The molecule has 0 bridgehead atoms. The van der Waals surface area contributed by atoms with Crippen LogP contribution in [-0.2, 0) is 13.5 Å². The molecule has 0 aliphatic carbocycles. The summed E-state index contributed by atoms with van der Waals surface area (Å²) in [7, 11) is 1.89. The molecule has 0 unspecified atom stereocenters. The Bertz CT molecular complexity index is 552. The first kappa shape index (κ1) is 12.6. The van der Waals surface area contributed by atoms with Crippen LogP contribution in [0.25, 0.3) is 0 Å². The van der Waals surface area contributed by atoms with E-state index in [4.69, 9.17) is 16.3 Å². The van der Waals surface area contributed by atoms with Crippen LogP contribution < -0.4 is 4.74 Å². The lowest BCUT2D eigenvalue weighted by atomic mass is 10.2. The molecule has 2 aromatic rings. The van der Waals surface area contributed by atoms with E-state index in [2.05, 4.69) is 5.10 Å². The Hall–Kier alpha value is -1.81. The second kappa shape index (κ2) is 5.69. The number of carbonyl (C=O) groups excluding carboxylic acids is 1. The molecule has 1 heterocycles. The summed E-state index contributed by atoms with van der Waals surface area (Å²) < 4.78 is 7.38. The Morgan fingerprint density at radius 1 is 1.44 bits per heavy atom. The fourth-order valence-corrected chi connectivity index (χ4v) is 1.86. The molecule has 4 nitrogen and oxygen atoms in total. The highest BCUT2D eigenvalue weighted by Crippen LogP contribution is 2.24. The molecule has 0 spiro atoms. The molecule has 0 N–H and O–H groups in total. The largest absolute Gasteiger partial charge is 0.492 e. The van der Waals surface area contributed by atoms with E-state index in [-0.39, 0.29) is 0 Å². The first-order valence-electron chi connectivity index (χ1n) is 5.55. The van der Waals surface area contributed by atoms with Gasteiger partial charge in [0.1, 0.15) is 12.0 Å². The fraction of sp³-hybridized carbons (Fsp3) is 0.231. The molecule has 18 heavy (non-hydrogen) atoms. The average Bonchev–Trinajstić information content (AvgIpc) is 2.77. The van der Waals surface area contributed by atoms with Crippen molar-refractivity contribution in [2.45, 2.75) is 6.42 Å². The summed E-state index contributed by atoms with van der Waals surface area (Å²) in [4.78, 5) is 10.6. The van der Waals surface area contributed by atoms with Gasteiger partial charge in [0.05, 0.1) is 11.6 Å². The van der Waals surface area contributed by atoms with Gasteiger partial charge in [0.25, 0.3) is 0 Å². The molecule has 0 saturated heterocycles. The molecule has 94 valence electrons. The summed E-state index contributed by atoms with van der Waals surface area (Å²) in [5.74, 6) is 0.587. The highest BCUT2D eigenvalue weighted by atomic mass is 35.5. The summed E-state index contributed by atoms with van der Waals surface area (Å²) >= 11 is 6.00. The monoisotopic (exact) mass is 264 g/mol. The lowest BCUT2D eigenvalue weighted by Crippen LogP contribution is -2.06. The number of aldehydes is 1. The standard InChI is InChI=1S/C13H13ClN2O2/c1-16-11(4-6-15-16)5-7-18-13-3-2-10(9-17)8-12(13)14/h2-4,6,8-9H,5,7H2,1H3. The number of hydrogen-bond acceptors (Lipinski definition) is 3. The van der Waals surface area contributed by atoms with Crippen molar-refractivity contribution >= 4 is 17.9 Å². The van der Waals surface area contributed by atoms with Gasteiger partial charge < -0.3 is 4.74 Å². The quantitative estimate of drug-likeness (QED) is 0.780. The zero-order valence-corrected chi connectivity index (χ0v) is 10.7. The number of aryl methyl sites for hydroxylation is 1. The predicted molar refractivity (Wildman–Crippen MR) is 69.2 cm³/mol. The SMILES string of the molecule is Cn1nccc1CCOc1ccc(C=O)cc1Cl. The maximum Gasteiger partial charge on any atom is 0.150 e. The van der Waals surface area contributed by atoms with Gasteiger partial charge in [0.2, 0.25) is 0 Å². The zero-order valence-electron chi connectivity index (χ0n) is 9.97. The number of carbonyl (C=O) groups is 1. The zero-order chi connectivity index (χ0) is 13.0. The summed E-state index contributed by atoms with van der Waals surface area (Å²) in [6.45, 7) is 0.514. The third-order valence-electron chi connectivity index (χ3n) is 2.63. The van der Waals surface area contributed by atoms with Crippen molar-refractivity contribution in [1.29, 1.82) is 0 Å². The summed E-state index contributed by atoms with van der Waals surface area (Å²) in [5.41, 5.74) is 1.63. The van der Waals surface area contributed by atoms with E-state index in [9.17, 15) is 4.79 Å². The molecular weight excluding hydrogens is 252 g/mol. The molecule has 1 aromatic heterocycles. The Morgan fingerprint density at radius 3 is 2.89 bits per heavy atom. The van der Waals surface area contributed by atoms with Gasteiger partial charge in [0.15, 0.2) is 0 Å². The topological polar surface area (TPSA) is 44.1 Å². The van der Waals surface area contributed by atoms with Crippen molar-refractivity contribution in [3.63, 3.8) is 0 Å². The van der Waals surface area contributed by atoms with Crippen LogP contribution in [0.5, 0.6) is 5.75 Å². The minimum Gasteiger partial charge on any atom is -0.492 e. The first-order chi connectivity index (χ1) is 8.70. The number of ether oxygens (including phenoxy) is 1. The van der Waals surface area contributed by atoms with Gasteiger partial charge in [-0.1, -0.05) is 11.6 Å². The van der Waals surface area contributed by atoms with Crippen molar-refractivity contribution in [1.82, 2.24) is 9.78 Å². The van der Waals surface area contributed by atoms with Gasteiger partial charge in [-0.25, -0.2) is 0 Å².